The normalized spacial score (nSPS) is 14.5. The van der Waals surface area contributed by atoms with Crippen molar-refractivity contribution in [2.75, 3.05) is 24.9 Å². The van der Waals surface area contributed by atoms with E-state index in [2.05, 4.69) is 15.7 Å². The Labute approximate surface area is 186 Å². The van der Waals surface area contributed by atoms with Gasteiger partial charge < -0.3 is 25.2 Å². The van der Waals surface area contributed by atoms with Gasteiger partial charge >= 0.3 is 5.97 Å². The molecule has 4 rings (SSSR count). The fourth-order valence-corrected chi connectivity index (χ4v) is 3.46. The van der Waals surface area contributed by atoms with Crippen LogP contribution in [0.4, 0.5) is 20.3 Å². The number of benzene rings is 2. The Balaban J connectivity index is 1.71. The van der Waals surface area contributed by atoms with Crippen molar-refractivity contribution in [2.45, 2.75) is 6.04 Å². The van der Waals surface area contributed by atoms with Gasteiger partial charge in [0.25, 0.3) is 5.91 Å². The van der Waals surface area contributed by atoms with Gasteiger partial charge in [0.1, 0.15) is 34.8 Å². The molecule has 9 nitrogen and oxygen atoms in total. The third-order valence-corrected chi connectivity index (χ3v) is 5.03. The molecule has 0 saturated carbocycles. The summed E-state index contributed by atoms with van der Waals surface area (Å²) < 4.78 is 39.5. The highest BCUT2D eigenvalue weighted by Crippen LogP contribution is 2.34. The van der Waals surface area contributed by atoms with Crippen molar-refractivity contribution in [3.05, 3.63) is 77.1 Å². The van der Waals surface area contributed by atoms with Gasteiger partial charge in [-0.3, -0.25) is 4.79 Å². The van der Waals surface area contributed by atoms with E-state index in [0.29, 0.717) is 23.3 Å². The molecule has 0 aliphatic carbocycles. The molecule has 0 saturated heterocycles. The Morgan fingerprint density at radius 1 is 1.12 bits per heavy atom. The first kappa shape index (κ1) is 21.8. The smallest absolute Gasteiger partial charge is 0.352 e. The van der Waals surface area contributed by atoms with Gasteiger partial charge in [-0.05, 0) is 24.3 Å². The van der Waals surface area contributed by atoms with Crippen LogP contribution < -0.4 is 20.1 Å². The quantitative estimate of drug-likeness (QED) is 0.521. The van der Waals surface area contributed by atoms with Crippen molar-refractivity contribution >= 4 is 23.4 Å². The Morgan fingerprint density at radius 2 is 1.88 bits per heavy atom. The molecule has 0 unspecified atom stereocenters. The topological polar surface area (TPSA) is 115 Å². The van der Waals surface area contributed by atoms with Crippen molar-refractivity contribution in [3.8, 4) is 11.5 Å². The maximum Gasteiger partial charge on any atom is 0.352 e. The van der Waals surface area contributed by atoms with E-state index >= 15 is 0 Å². The van der Waals surface area contributed by atoms with Crippen LogP contribution in [0, 0.1) is 11.6 Å². The molecule has 2 aromatic carbocycles. The largest absolute Gasteiger partial charge is 0.493 e. The van der Waals surface area contributed by atoms with E-state index < -0.39 is 29.6 Å². The second kappa shape index (κ2) is 8.61. The Hall–Kier alpha value is -4.41. The Kier molecular flexibility index (Phi) is 5.69. The molecule has 0 fully saturated rings. The monoisotopic (exact) mass is 456 g/mol. The number of aliphatic carboxylic acids is 1. The molecule has 1 atom stereocenters. The average Bonchev–Trinajstić information content (AvgIpc) is 3.22. The number of allylic oxidation sites excluding steroid dienone is 1. The molecule has 0 spiro atoms. The summed E-state index contributed by atoms with van der Waals surface area (Å²) in [7, 11) is 2.94. The van der Waals surface area contributed by atoms with Gasteiger partial charge in [-0.15, -0.1) is 0 Å². The van der Waals surface area contributed by atoms with Gasteiger partial charge in [-0.1, -0.05) is 6.07 Å². The van der Waals surface area contributed by atoms with Crippen molar-refractivity contribution < 1.29 is 33.0 Å². The maximum atomic E-state index is 14.5. The van der Waals surface area contributed by atoms with Gasteiger partial charge in [0.2, 0.25) is 0 Å². The van der Waals surface area contributed by atoms with E-state index in [-0.39, 0.29) is 22.6 Å². The van der Waals surface area contributed by atoms with Crippen molar-refractivity contribution in [3.63, 3.8) is 0 Å². The Bertz CT molecular complexity index is 1290. The minimum absolute atomic E-state index is 0.00662. The van der Waals surface area contributed by atoms with Gasteiger partial charge in [0.15, 0.2) is 11.5 Å². The number of carboxylic acids is 1. The first-order valence-corrected chi connectivity index (χ1v) is 9.60. The lowest BCUT2D eigenvalue weighted by molar-refractivity contribution is -0.132. The highest BCUT2D eigenvalue weighted by molar-refractivity contribution is 6.08. The van der Waals surface area contributed by atoms with Crippen LogP contribution in [0.2, 0.25) is 0 Å². The first-order chi connectivity index (χ1) is 15.8. The van der Waals surface area contributed by atoms with Crippen LogP contribution in [-0.2, 0) is 4.79 Å². The molecule has 0 bridgehead atoms. The van der Waals surface area contributed by atoms with Crippen LogP contribution in [0.25, 0.3) is 0 Å². The molecule has 3 N–H and O–H groups in total. The number of carbonyl (C=O) groups is 2. The summed E-state index contributed by atoms with van der Waals surface area (Å²) >= 11 is 0. The summed E-state index contributed by atoms with van der Waals surface area (Å²) in [5.41, 5.74) is 0.123. The van der Waals surface area contributed by atoms with E-state index in [0.717, 1.165) is 6.07 Å². The SMILES string of the molecule is COc1ccc(NC(=O)c2cnn3c2NC(C(=O)O)=C[C@H]3c2ccc(F)cc2F)cc1OC. The molecular weight excluding hydrogens is 438 g/mol. The van der Waals surface area contributed by atoms with Crippen molar-refractivity contribution in [1.29, 1.82) is 0 Å². The number of rotatable bonds is 6. The van der Waals surface area contributed by atoms with E-state index in [1.165, 1.54) is 37.2 Å². The third kappa shape index (κ3) is 4.07. The second-order valence-corrected chi connectivity index (χ2v) is 7.00. The molecule has 1 aliphatic rings. The Morgan fingerprint density at radius 3 is 2.55 bits per heavy atom. The van der Waals surface area contributed by atoms with Crippen molar-refractivity contribution in [2.24, 2.45) is 0 Å². The van der Waals surface area contributed by atoms with Gasteiger partial charge in [0.05, 0.1) is 20.4 Å². The zero-order chi connectivity index (χ0) is 23.7. The second-order valence-electron chi connectivity index (χ2n) is 7.00. The molecule has 170 valence electrons. The lowest BCUT2D eigenvalue weighted by atomic mass is 10.0. The number of halogens is 2. The fraction of sp³-hybridized carbons (Fsp3) is 0.136. The van der Waals surface area contributed by atoms with E-state index in [1.54, 1.807) is 18.2 Å². The average molecular weight is 456 g/mol. The van der Waals surface area contributed by atoms with Gasteiger partial charge in [-0.2, -0.15) is 5.10 Å². The molecule has 1 amide bonds. The van der Waals surface area contributed by atoms with Gasteiger partial charge in [0, 0.05) is 23.4 Å². The summed E-state index contributed by atoms with van der Waals surface area (Å²) in [4.78, 5) is 24.6. The van der Waals surface area contributed by atoms with Crippen molar-refractivity contribution in [1.82, 2.24) is 9.78 Å². The summed E-state index contributed by atoms with van der Waals surface area (Å²) in [5.74, 6) is -2.65. The van der Waals surface area contributed by atoms with E-state index in [9.17, 15) is 23.5 Å². The fourth-order valence-electron chi connectivity index (χ4n) is 3.46. The molecule has 1 aliphatic heterocycles. The minimum atomic E-state index is -1.32. The number of aromatic nitrogens is 2. The maximum absolute atomic E-state index is 14.5. The minimum Gasteiger partial charge on any atom is -0.493 e. The zero-order valence-electron chi connectivity index (χ0n) is 17.4. The highest BCUT2D eigenvalue weighted by Gasteiger charge is 2.31. The van der Waals surface area contributed by atoms with Crippen LogP contribution in [-0.4, -0.2) is 41.0 Å². The number of ether oxygens (including phenoxy) is 2. The third-order valence-electron chi connectivity index (χ3n) is 5.03. The molecule has 2 heterocycles. The molecular formula is C22H18F2N4O5. The molecule has 33 heavy (non-hydrogen) atoms. The number of nitrogens with zero attached hydrogens (tertiary/aromatic N) is 2. The number of nitrogens with one attached hydrogen (secondary N) is 2. The molecule has 0 radical (unpaired) electrons. The van der Waals surface area contributed by atoms with Crippen LogP contribution in [0.1, 0.15) is 22.0 Å². The first-order valence-electron chi connectivity index (χ1n) is 9.60. The summed E-state index contributed by atoms with van der Waals surface area (Å²) in [6.45, 7) is 0. The van der Waals surface area contributed by atoms with Crippen LogP contribution >= 0.6 is 0 Å². The summed E-state index contributed by atoms with van der Waals surface area (Å²) in [6.07, 6.45) is 2.46. The van der Waals surface area contributed by atoms with Crippen LogP contribution in [0.3, 0.4) is 0 Å². The van der Waals surface area contributed by atoms with E-state index in [1.807, 2.05) is 0 Å². The predicted molar refractivity (Wildman–Crippen MR) is 114 cm³/mol. The van der Waals surface area contributed by atoms with Crippen LogP contribution in [0.15, 0.2) is 54.4 Å². The summed E-state index contributed by atoms with van der Waals surface area (Å²) in [6, 6.07) is 6.70. The lowest BCUT2D eigenvalue weighted by Gasteiger charge is -2.24. The van der Waals surface area contributed by atoms with Crippen LogP contribution in [0.5, 0.6) is 11.5 Å². The standard InChI is InChI=1S/C22H18F2N4O5/c1-32-18-6-4-12(8-19(18)33-2)26-21(29)14-10-25-28-17(9-16(22(30)31)27-20(14)28)13-5-3-11(23)7-15(13)24/h3-10,17,27H,1-2H3,(H,26,29)(H,30,31)/t17-/m0/s1. The number of hydrogen-bond acceptors (Lipinski definition) is 6. The number of carbonyl (C=O) groups excluding carboxylic acids is 1. The number of amides is 1. The number of carboxylic acid groups (broad SMARTS) is 1. The van der Waals surface area contributed by atoms with E-state index in [4.69, 9.17) is 9.47 Å². The lowest BCUT2D eigenvalue weighted by Crippen LogP contribution is -2.26. The number of hydrogen-bond donors (Lipinski definition) is 3. The highest BCUT2D eigenvalue weighted by atomic mass is 19.1. The summed E-state index contributed by atoms with van der Waals surface area (Å²) in [5, 5.41) is 19.0. The zero-order valence-corrected chi connectivity index (χ0v) is 17.4. The molecule has 1 aromatic heterocycles. The molecule has 3 aromatic rings. The number of anilines is 2. The number of fused-ring (bicyclic) bond motifs is 1. The number of methoxy groups -OCH3 is 2. The van der Waals surface area contributed by atoms with Gasteiger partial charge in [-0.25, -0.2) is 18.3 Å². The predicted octanol–water partition coefficient (Wildman–Crippen LogP) is 3.41. The molecule has 11 heteroatoms.